The second-order valence-corrected chi connectivity index (χ2v) is 4.60. The summed E-state index contributed by atoms with van der Waals surface area (Å²) in [6.07, 6.45) is 2.81. The summed E-state index contributed by atoms with van der Waals surface area (Å²) in [4.78, 5) is 26.3. The predicted molar refractivity (Wildman–Crippen MR) is 69.5 cm³/mol. The predicted octanol–water partition coefficient (Wildman–Crippen LogP) is -1.08. The van der Waals surface area contributed by atoms with Gasteiger partial charge >= 0.3 is 30.9 Å². The smallest absolute Gasteiger partial charge is 1.00 e. The van der Waals surface area contributed by atoms with Crippen LogP contribution in [0.1, 0.15) is 27.3 Å². The Labute approximate surface area is 131 Å². The Morgan fingerprint density at radius 3 is 2.50 bits per heavy atom. The molecular weight excluding hydrogens is 255 g/mol. The van der Waals surface area contributed by atoms with Gasteiger partial charge in [0.1, 0.15) is 12.6 Å². The van der Waals surface area contributed by atoms with E-state index in [4.69, 9.17) is 9.84 Å². The third-order valence-corrected chi connectivity index (χ3v) is 2.42. The first-order chi connectivity index (χ1) is 8.99. The van der Waals surface area contributed by atoms with Gasteiger partial charge in [-0.2, -0.15) is 0 Å². The van der Waals surface area contributed by atoms with E-state index >= 15 is 0 Å². The number of pyridine rings is 1. The number of alkyl carbamates (subject to hydrolysis) is 1. The van der Waals surface area contributed by atoms with Crippen LogP contribution < -0.4 is 24.2 Å². The van der Waals surface area contributed by atoms with E-state index in [0.717, 1.165) is 5.56 Å². The van der Waals surface area contributed by atoms with Crippen molar-refractivity contribution in [3.8, 4) is 0 Å². The van der Waals surface area contributed by atoms with Gasteiger partial charge in [0.05, 0.1) is 0 Å². The van der Waals surface area contributed by atoms with E-state index in [0.29, 0.717) is 6.42 Å². The maximum absolute atomic E-state index is 11.5. The van der Waals surface area contributed by atoms with Crippen LogP contribution in [0.5, 0.6) is 0 Å². The van der Waals surface area contributed by atoms with Crippen LogP contribution in [0.25, 0.3) is 0 Å². The quantitative estimate of drug-likeness (QED) is 0.644. The minimum Gasteiger partial charge on any atom is -1.00 e. The second kappa shape index (κ2) is 9.40. The van der Waals surface area contributed by atoms with Gasteiger partial charge in [-0.1, -0.05) is 13.8 Å². The summed E-state index contributed by atoms with van der Waals surface area (Å²) in [5.41, 5.74) is 0.792. The molecule has 2 N–H and O–H groups in total. The molecule has 0 saturated heterocycles. The van der Waals surface area contributed by atoms with E-state index in [2.05, 4.69) is 10.3 Å². The van der Waals surface area contributed by atoms with Crippen LogP contribution in [0.3, 0.4) is 0 Å². The maximum atomic E-state index is 11.5. The van der Waals surface area contributed by atoms with Gasteiger partial charge in [-0.15, -0.1) is 0 Å². The number of carboxylic acid groups (broad SMARTS) is 1. The van der Waals surface area contributed by atoms with E-state index in [1.54, 1.807) is 24.5 Å². The number of hydrogen-bond acceptors (Lipinski definition) is 4. The number of nitrogens with one attached hydrogen (secondary N) is 1. The first-order valence-electron chi connectivity index (χ1n) is 6.04. The van der Waals surface area contributed by atoms with E-state index in [1.165, 1.54) is 0 Å². The fourth-order valence-electron chi connectivity index (χ4n) is 1.50. The van der Waals surface area contributed by atoms with Gasteiger partial charge in [-0.05, 0) is 30.0 Å². The Bertz CT molecular complexity index is 431. The average Bonchev–Trinajstić information content (AvgIpc) is 2.36. The number of aromatic nitrogens is 1. The minimum absolute atomic E-state index is 0. The van der Waals surface area contributed by atoms with E-state index in [-0.39, 0.29) is 32.8 Å². The molecule has 0 aliphatic carbocycles. The molecule has 0 bridgehead atoms. The maximum Gasteiger partial charge on any atom is 1.00 e. The summed E-state index contributed by atoms with van der Waals surface area (Å²) in [5.74, 6) is -0.892. The summed E-state index contributed by atoms with van der Waals surface area (Å²) in [7, 11) is 0. The molecule has 0 fully saturated rings. The van der Waals surface area contributed by atoms with Gasteiger partial charge in [0.25, 0.3) is 0 Å². The second-order valence-electron chi connectivity index (χ2n) is 4.60. The minimum atomic E-state index is -1.06. The topological polar surface area (TPSA) is 88.5 Å². The van der Waals surface area contributed by atoms with Crippen molar-refractivity contribution >= 4 is 12.1 Å². The zero-order valence-corrected chi connectivity index (χ0v) is 12.0. The van der Waals surface area contributed by atoms with Crippen LogP contribution in [0.15, 0.2) is 24.5 Å². The molecule has 0 aromatic carbocycles. The van der Waals surface area contributed by atoms with Gasteiger partial charge in [-0.3, -0.25) is 4.98 Å². The number of carbonyl (C=O) groups is 2. The van der Waals surface area contributed by atoms with E-state index in [9.17, 15) is 9.59 Å². The molecule has 1 aromatic heterocycles. The molecule has 0 unspecified atom stereocenters. The molecule has 106 valence electrons. The van der Waals surface area contributed by atoms with Crippen molar-refractivity contribution in [2.75, 3.05) is 0 Å². The van der Waals surface area contributed by atoms with Crippen molar-refractivity contribution < 1.29 is 39.7 Å². The number of carboxylic acids is 1. The summed E-state index contributed by atoms with van der Waals surface area (Å²) in [6, 6.07) is 2.51. The monoisotopic (exact) mass is 274 g/mol. The van der Waals surface area contributed by atoms with Crippen LogP contribution in [0, 0.1) is 5.92 Å². The fourth-order valence-corrected chi connectivity index (χ4v) is 1.50. The summed E-state index contributed by atoms with van der Waals surface area (Å²) >= 11 is 0. The Hall–Kier alpha value is -1.51. The van der Waals surface area contributed by atoms with E-state index in [1.807, 2.05) is 13.8 Å². The van der Waals surface area contributed by atoms with Crippen molar-refractivity contribution in [1.29, 1.82) is 0 Å². The number of amides is 1. The summed E-state index contributed by atoms with van der Waals surface area (Å²) in [6.45, 7) is 3.86. The van der Waals surface area contributed by atoms with Gasteiger partial charge in [-0.25, -0.2) is 9.59 Å². The molecule has 1 atom stereocenters. The van der Waals surface area contributed by atoms with Crippen molar-refractivity contribution in [2.45, 2.75) is 32.9 Å². The molecule has 1 heterocycles. The summed E-state index contributed by atoms with van der Waals surface area (Å²) in [5, 5.41) is 11.3. The molecule has 1 aromatic rings. The molecule has 0 aliphatic rings. The molecule has 7 heteroatoms. The van der Waals surface area contributed by atoms with Crippen LogP contribution in [0.4, 0.5) is 4.79 Å². The van der Waals surface area contributed by atoms with Crippen molar-refractivity contribution in [1.82, 2.24) is 10.3 Å². The first kappa shape index (κ1) is 18.5. The number of ether oxygens (including phenoxy) is 1. The number of aliphatic carboxylic acids is 1. The Balaban J connectivity index is 0. The zero-order chi connectivity index (χ0) is 14.3. The number of nitrogens with zero attached hydrogens (tertiary/aromatic N) is 1. The van der Waals surface area contributed by atoms with Crippen molar-refractivity contribution in [3.05, 3.63) is 30.1 Å². The van der Waals surface area contributed by atoms with Crippen LogP contribution in [-0.2, 0) is 16.1 Å². The normalized spacial score (nSPS) is 11.3. The first-order valence-corrected chi connectivity index (χ1v) is 6.04. The molecule has 0 aliphatic heterocycles. The van der Waals surface area contributed by atoms with Crippen LogP contribution >= 0.6 is 0 Å². The molecule has 6 nitrogen and oxygen atoms in total. The summed E-state index contributed by atoms with van der Waals surface area (Å²) < 4.78 is 4.95. The molecule has 0 radical (unpaired) electrons. The molecule has 20 heavy (non-hydrogen) atoms. The standard InChI is InChI=1S/C13H18N2O4.Li.H/c1-9(2)7-11(12(16)17)15-13(18)19-8-10-3-5-14-6-4-10;;/h3-6,9,11H,7-8H2,1-2H3,(H,15,18)(H,16,17);;/q;+1;-1/t11-;;/m0../s1. The third kappa shape index (κ3) is 7.17. The number of rotatable bonds is 6. The van der Waals surface area contributed by atoms with Crippen LogP contribution in [0.2, 0.25) is 0 Å². The Kier molecular flexibility index (Phi) is 8.69. The Morgan fingerprint density at radius 1 is 1.40 bits per heavy atom. The largest absolute Gasteiger partial charge is 1.00 e. The Morgan fingerprint density at radius 2 is 2.00 bits per heavy atom. The van der Waals surface area contributed by atoms with E-state index < -0.39 is 18.1 Å². The van der Waals surface area contributed by atoms with Gasteiger partial charge < -0.3 is 16.6 Å². The van der Waals surface area contributed by atoms with Crippen LogP contribution in [-0.4, -0.2) is 28.2 Å². The zero-order valence-electron chi connectivity index (χ0n) is 13.0. The molecule has 1 amide bonds. The SMILES string of the molecule is CC(C)C[C@H](NC(=O)OCc1ccncc1)C(=O)O.[H-].[Li+]. The van der Waals surface area contributed by atoms with Gasteiger partial charge in [0.2, 0.25) is 0 Å². The molecule has 0 saturated carbocycles. The number of carbonyl (C=O) groups excluding carboxylic acids is 1. The number of hydrogen-bond donors (Lipinski definition) is 2. The van der Waals surface area contributed by atoms with Gasteiger partial charge in [0, 0.05) is 12.4 Å². The van der Waals surface area contributed by atoms with Crippen molar-refractivity contribution in [3.63, 3.8) is 0 Å². The van der Waals surface area contributed by atoms with Gasteiger partial charge in [0.15, 0.2) is 0 Å². The molecular formula is C13H19LiN2O4. The average molecular weight is 274 g/mol. The van der Waals surface area contributed by atoms with Crippen molar-refractivity contribution in [2.24, 2.45) is 5.92 Å². The fraction of sp³-hybridized carbons (Fsp3) is 0.462. The molecule has 0 spiro atoms. The molecule has 1 rings (SSSR count). The third-order valence-electron chi connectivity index (χ3n) is 2.42.